The van der Waals surface area contributed by atoms with Gasteiger partial charge < -0.3 is 19.7 Å². The van der Waals surface area contributed by atoms with Crippen molar-refractivity contribution in [3.8, 4) is 0 Å². The Bertz CT molecular complexity index is 143. The van der Waals surface area contributed by atoms with Crippen molar-refractivity contribution in [2.45, 2.75) is 39.5 Å². The highest BCUT2D eigenvalue weighted by molar-refractivity contribution is 4.66. The zero-order valence-corrected chi connectivity index (χ0v) is 11.3. The zero-order valence-electron chi connectivity index (χ0n) is 11.3. The first-order valence-electron chi connectivity index (χ1n) is 6.49. The zero-order chi connectivity index (χ0) is 13.0. The van der Waals surface area contributed by atoms with Gasteiger partial charge in [-0.3, -0.25) is 0 Å². The summed E-state index contributed by atoms with van der Waals surface area (Å²) in [6.07, 6.45) is 3.42. The maximum Gasteiger partial charge on any atom is 0.0539 e. The van der Waals surface area contributed by atoms with E-state index < -0.39 is 0 Å². The van der Waals surface area contributed by atoms with Crippen LogP contribution in [0, 0.1) is 5.41 Å². The Morgan fingerprint density at radius 3 is 1.53 bits per heavy atom. The van der Waals surface area contributed by atoms with Crippen LogP contribution >= 0.6 is 0 Å². The van der Waals surface area contributed by atoms with Crippen molar-refractivity contribution >= 4 is 0 Å². The number of aliphatic hydroxyl groups excluding tert-OH is 2. The molecule has 0 aromatic heterocycles. The molecule has 0 bridgehead atoms. The summed E-state index contributed by atoms with van der Waals surface area (Å²) in [5.74, 6) is 0. The molecule has 0 unspecified atom stereocenters. The fraction of sp³-hybridized carbons (Fsp3) is 1.00. The van der Waals surface area contributed by atoms with Gasteiger partial charge in [0.25, 0.3) is 0 Å². The average molecular weight is 248 g/mol. The summed E-state index contributed by atoms with van der Waals surface area (Å²) in [7, 11) is 0. The topological polar surface area (TPSA) is 58.9 Å². The summed E-state index contributed by atoms with van der Waals surface area (Å²) in [5, 5.41) is 17.2. The smallest absolute Gasteiger partial charge is 0.0539 e. The molecule has 0 rings (SSSR count). The Hall–Kier alpha value is -0.160. The van der Waals surface area contributed by atoms with E-state index in [1.165, 1.54) is 0 Å². The molecule has 0 fully saturated rings. The average Bonchev–Trinajstić information content (AvgIpc) is 2.28. The SMILES string of the molecule is CC(C)(COCCCCO)COCCCCO. The van der Waals surface area contributed by atoms with Crippen molar-refractivity contribution < 1.29 is 19.7 Å². The molecular formula is C13H28O4. The third kappa shape index (κ3) is 12.1. The minimum atomic E-state index is 0.0262. The number of rotatable bonds is 12. The van der Waals surface area contributed by atoms with Crippen molar-refractivity contribution in [3.63, 3.8) is 0 Å². The van der Waals surface area contributed by atoms with Gasteiger partial charge in [0.1, 0.15) is 0 Å². The molecule has 0 aliphatic carbocycles. The van der Waals surface area contributed by atoms with E-state index in [4.69, 9.17) is 19.7 Å². The predicted octanol–water partition coefficient (Wildman–Crippen LogP) is 1.59. The maximum atomic E-state index is 8.62. The Morgan fingerprint density at radius 1 is 0.765 bits per heavy atom. The molecule has 0 atom stereocenters. The Morgan fingerprint density at radius 2 is 1.18 bits per heavy atom. The molecule has 0 heterocycles. The molecule has 0 saturated carbocycles. The second kappa shape index (κ2) is 11.0. The van der Waals surface area contributed by atoms with Crippen LogP contribution in [0.5, 0.6) is 0 Å². The van der Waals surface area contributed by atoms with Crippen LogP contribution in [0.2, 0.25) is 0 Å². The normalized spacial score (nSPS) is 12.0. The fourth-order valence-electron chi connectivity index (χ4n) is 1.37. The third-order valence-corrected chi connectivity index (χ3v) is 2.38. The molecule has 0 spiro atoms. The molecule has 0 aliphatic rings. The van der Waals surface area contributed by atoms with E-state index in [1.807, 2.05) is 0 Å². The number of hydrogen-bond acceptors (Lipinski definition) is 4. The van der Waals surface area contributed by atoms with Crippen LogP contribution in [-0.2, 0) is 9.47 Å². The quantitative estimate of drug-likeness (QED) is 0.515. The molecule has 104 valence electrons. The van der Waals surface area contributed by atoms with Crippen molar-refractivity contribution in [2.24, 2.45) is 5.41 Å². The maximum absolute atomic E-state index is 8.62. The van der Waals surface area contributed by atoms with Crippen LogP contribution in [0.1, 0.15) is 39.5 Å². The van der Waals surface area contributed by atoms with Crippen LogP contribution < -0.4 is 0 Å². The molecule has 0 aliphatic heterocycles. The summed E-state index contributed by atoms with van der Waals surface area (Å²) in [4.78, 5) is 0. The molecular weight excluding hydrogens is 220 g/mol. The lowest BCUT2D eigenvalue weighted by Gasteiger charge is -2.24. The van der Waals surface area contributed by atoms with Gasteiger partial charge in [-0.25, -0.2) is 0 Å². The molecule has 0 aromatic carbocycles. The first-order chi connectivity index (χ1) is 8.12. The molecule has 0 amide bonds. The van der Waals surface area contributed by atoms with Crippen LogP contribution in [-0.4, -0.2) is 49.9 Å². The number of ether oxygens (including phenoxy) is 2. The van der Waals surface area contributed by atoms with Gasteiger partial charge in [0.2, 0.25) is 0 Å². The Labute approximate surface area is 105 Å². The van der Waals surface area contributed by atoms with Crippen molar-refractivity contribution in [2.75, 3.05) is 39.6 Å². The van der Waals surface area contributed by atoms with Gasteiger partial charge in [0.05, 0.1) is 13.2 Å². The highest BCUT2D eigenvalue weighted by Crippen LogP contribution is 2.16. The lowest BCUT2D eigenvalue weighted by Crippen LogP contribution is -2.26. The summed E-state index contributed by atoms with van der Waals surface area (Å²) < 4.78 is 11.1. The lowest BCUT2D eigenvalue weighted by molar-refractivity contribution is -0.00605. The largest absolute Gasteiger partial charge is 0.396 e. The Balaban J connectivity index is 3.38. The number of hydrogen-bond donors (Lipinski definition) is 2. The van der Waals surface area contributed by atoms with Gasteiger partial charge in [0, 0.05) is 31.8 Å². The molecule has 0 radical (unpaired) electrons. The van der Waals surface area contributed by atoms with E-state index >= 15 is 0 Å². The first-order valence-corrected chi connectivity index (χ1v) is 6.49. The summed E-state index contributed by atoms with van der Waals surface area (Å²) >= 11 is 0. The van der Waals surface area contributed by atoms with E-state index in [0.717, 1.165) is 25.7 Å². The highest BCUT2D eigenvalue weighted by Gasteiger charge is 2.18. The van der Waals surface area contributed by atoms with Crippen LogP contribution in [0.3, 0.4) is 0 Å². The van der Waals surface area contributed by atoms with Gasteiger partial charge in [-0.2, -0.15) is 0 Å². The van der Waals surface area contributed by atoms with Crippen molar-refractivity contribution in [3.05, 3.63) is 0 Å². The standard InChI is InChI=1S/C13H28O4/c1-13(2,11-16-9-5-3-7-14)12-17-10-6-4-8-15/h14-15H,3-12H2,1-2H3. The van der Waals surface area contributed by atoms with Crippen LogP contribution in [0.25, 0.3) is 0 Å². The molecule has 0 saturated heterocycles. The fourth-order valence-corrected chi connectivity index (χ4v) is 1.37. The van der Waals surface area contributed by atoms with E-state index in [1.54, 1.807) is 0 Å². The molecule has 4 heteroatoms. The van der Waals surface area contributed by atoms with Crippen molar-refractivity contribution in [1.29, 1.82) is 0 Å². The number of unbranched alkanes of at least 4 members (excludes halogenated alkanes) is 2. The predicted molar refractivity (Wildman–Crippen MR) is 68.1 cm³/mol. The summed E-state index contributed by atoms with van der Waals surface area (Å²) in [5.41, 5.74) is 0.0262. The summed E-state index contributed by atoms with van der Waals surface area (Å²) in [6.45, 7) is 7.47. The Kier molecular flexibility index (Phi) is 10.9. The van der Waals surface area contributed by atoms with E-state index in [2.05, 4.69) is 13.8 Å². The van der Waals surface area contributed by atoms with Crippen LogP contribution in [0.15, 0.2) is 0 Å². The molecule has 0 aromatic rings. The van der Waals surface area contributed by atoms with Gasteiger partial charge in [-0.1, -0.05) is 13.8 Å². The third-order valence-electron chi connectivity index (χ3n) is 2.38. The molecule has 17 heavy (non-hydrogen) atoms. The van der Waals surface area contributed by atoms with Crippen LogP contribution in [0.4, 0.5) is 0 Å². The van der Waals surface area contributed by atoms with E-state index in [9.17, 15) is 0 Å². The molecule has 4 nitrogen and oxygen atoms in total. The molecule has 2 N–H and O–H groups in total. The second-order valence-electron chi connectivity index (χ2n) is 5.13. The minimum Gasteiger partial charge on any atom is -0.396 e. The second-order valence-corrected chi connectivity index (χ2v) is 5.13. The minimum absolute atomic E-state index is 0.0262. The van der Waals surface area contributed by atoms with Gasteiger partial charge in [-0.15, -0.1) is 0 Å². The highest BCUT2D eigenvalue weighted by atomic mass is 16.5. The van der Waals surface area contributed by atoms with E-state index in [0.29, 0.717) is 26.4 Å². The van der Waals surface area contributed by atoms with Gasteiger partial charge in [0.15, 0.2) is 0 Å². The van der Waals surface area contributed by atoms with Gasteiger partial charge >= 0.3 is 0 Å². The first kappa shape index (κ1) is 16.8. The van der Waals surface area contributed by atoms with Crippen molar-refractivity contribution in [1.82, 2.24) is 0 Å². The summed E-state index contributed by atoms with van der Waals surface area (Å²) in [6, 6.07) is 0. The van der Waals surface area contributed by atoms with Gasteiger partial charge in [-0.05, 0) is 25.7 Å². The van der Waals surface area contributed by atoms with E-state index in [-0.39, 0.29) is 18.6 Å². The number of aliphatic hydroxyl groups is 2. The monoisotopic (exact) mass is 248 g/mol. The lowest BCUT2D eigenvalue weighted by atomic mass is 9.96.